The van der Waals surface area contributed by atoms with Gasteiger partial charge in [-0.25, -0.2) is 0 Å². The van der Waals surface area contributed by atoms with Crippen molar-refractivity contribution in [3.05, 3.63) is 23.8 Å². The number of para-hydroxylation sites is 1. The number of nitrogens with two attached hydrogens (primary N) is 1. The topological polar surface area (TPSA) is 52.3 Å². The van der Waals surface area contributed by atoms with E-state index in [2.05, 4.69) is 20.7 Å². The highest BCUT2D eigenvalue weighted by molar-refractivity contribution is 9.10. The number of rotatable bonds is 4. The number of anilines is 1. The van der Waals surface area contributed by atoms with Crippen molar-refractivity contribution in [3.8, 4) is 0 Å². The molecule has 0 aliphatic carbocycles. The number of esters is 1. The van der Waals surface area contributed by atoms with Gasteiger partial charge in [-0.2, -0.15) is 0 Å². The molecule has 1 unspecified atom stereocenters. The second-order valence-electron chi connectivity index (χ2n) is 3.29. The lowest BCUT2D eigenvalue weighted by atomic mass is 10.2. The first-order valence-corrected chi connectivity index (χ1v) is 6.66. The molecule has 0 fully saturated rings. The number of ether oxygens (including phenoxy) is 1. The lowest BCUT2D eigenvalue weighted by Gasteiger charge is -2.10. The van der Waals surface area contributed by atoms with Crippen LogP contribution in [0.2, 0.25) is 0 Å². The Bertz CT molecular complexity index is 384. The molecule has 0 aliphatic heterocycles. The van der Waals surface area contributed by atoms with E-state index in [1.807, 2.05) is 25.1 Å². The summed E-state index contributed by atoms with van der Waals surface area (Å²) in [6.07, 6.45) is 0. The van der Waals surface area contributed by atoms with Crippen LogP contribution in [-0.4, -0.2) is 23.7 Å². The van der Waals surface area contributed by atoms with Crippen LogP contribution < -0.4 is 5.73 Å². The summed E-state index contributed by atoms with van der Waals surface area (Å²) < 4.78 is 4.62. The van der Waals surface area contributed by atoms with Crippen LogP contribution in [0, 0.1) is 6.92 Å². The van der Waals surface area contributed by atoms with Gasteiger partial charge in [-0.15, -0.1) is 11.8 Å². The van der Waals surface area contributed by atoms with Crippen molar-refractivity contribution < 1.29 is 9.53 Å². The molecule has 3 nitrogen and oxygen atoms in total. The predicted octanol–water partition coefficient (Wildman–Crippen LogP) is 2.61. The Balaban J connectivity index is 2.61. The van der Waals surface area contributed by atoms with Gasteiger partial charge < -0.3 is 10.5 Å². The van der Waals surface area contributed by atoms with Gasteiger partial charge in [-0.3, -0.25) is 4.79 Å². The number of alkyl halides is 1. The number of benzene rings is 1. The minimum absolute atomic E-state index is 0.265. The number of halogens is 1. The maximum Gasteiger partial charge on any atom is 0.320 e. The average molecular weight is 304 g/mol. The van der Waals surface area contributed by atoms with E-state index in [0.29, 0.717) is 5.75 Å². The fraction of sp³-hybridized carbons (Fsp3) is 0.364. The van der Waals surface area contributed by atoms with E-state index in [9.17, 15) is 4.79 Å². The molecular formula is C11H14BrNO2S. The molecule has 1 aromatic carbocycles. The van der Waals surface area contributed by atoms with Crippen LogP contribution >= 0.6 is 27.7 Å². The summed E-state index contributed by atoms with van der Waals surface area (Å²) in [7, 11) is 1.38. The maximum absolute atomic E-state index is 11.2. The molecule has 0 amide bonds. The van der Waals surface area contributed by atoms with Crippen LogP contribution in [0.25, 0.3) is 0 Å². The van der Waals surface area contributed by atoms with Crippen molar-refractivity contribution in [3.63, 3.8) is 0 Å². The van der Waals surface area contributed by atoms with E-state index in [1.165, 1.54) is 7.11 Å². The first-order chi connectivity index (χ1) is 7.56. The molecule has 0 bridgehead atoms. The molecule has 0 saturated carbocycles. The number of carbonyl (C=O) groups is 1. The first-order valence-electron chi connectivity index (χ1n) is 4.76. The molecule has 16 heavy (non-hydrogen) atoms. The van der Waals surface area contributed by atoms with Gasteiger partial charge in [0.05, 0.1) is 7.11 Å². The van der Waals surface area contributed by atoms with Gasteiger partial charge in [0.1, 0.15) is 4.83 Å². The molecule has 0 spiro atoms. The van der Waals surface area contributed by atoms with Crippen molar-refractivity contribution in [2.24, 2.45) is 0 Å². The third-order valence-corrected chi connectivity index (χ3v) is 4.42. The Kier molecular flexibility index (Phi) is 5.15. The van der Waals surface area contributed by atoms with Gasteiger partial charge >= 0.3 is 5.97 Å². The number of hydrogen-bond donors (Lipinski definition) is 1. The molecule has 1 rings (SSSR count). The Morgan fingerprint density at radius 2 is 2.31 bits per heavy atom. The van der Waals surface area contributed by atoms with E-state index in [1.54, 1.807) is 11.8 Å². The van der Waals surface area contributed by atoms with Crippen molar-refractivity contribution in [1.82, 2.24) is 0 Å². The summed E-state index contributed by atoms with van der Waals surface area (Å²) in [5, 5.41) is 0. The summed E-state index contributed by atoms with van der Waals surface area (Å²) >= 11 is 4.81. The minimum Gasteiger partial charge on any atom is -0.468 e. The van der Waals surface area contributed by atoms with Gasteiger partial charge in [0.25, 0.3) is 0 Å². The Hall–Kier alpha value is -0.680. The van der Waals surface area contributed by atoms with Crippen molar-refractivity contribution in [2.45, 2.75) is 16.6 Å². The second kappa shape index (κ2) is 6.15. The van der Waals surface area contributed by atoms with Gasteiger partial charge in [-0.05, 0) is 18.6 Å². The maximum atomic E-state index is 11.2. The van der Waals surface area contributed by atoms with Gasteiger partial charge in [0.15, 0.2) is 0 Å². The molecule has 1 atom stereocenters. The summed E-state index contributed by atoms with van der Waals surface area (Å²) in [5.74, 6) is 0.332. The summed E-state index contributed by atoms with van der Waals surface area (Å²) in [4.78, 5) is 11.9. The first kappa shape index (κ1) is 13.4. The number of carbonyl (C=O) groups excluding carboxylic acids is 1. The molecular weight excluding hydrogens is 290 g/mol. The van der Waals surface area contributed by atoms with E-state index in [4.69, 9.17) is 5.73 Å². The van der Waals surface area contributed by atoms with Gasteiger partial charge in [-0.1, -0.05) is 28.1 Å². The molecule has 0 aliphatic rings. The fourth-order valence-corrected chi connectivity index (χ4v) is 2.68. The summed E-state index contributed by atoms with van der Waals surface area (Å²) in [6.45, 7) is 1.96. The van der Waals surface area contributed by atoms with E-state index in [0.717, 1.165) is 16.1 Å². The molecule has 0 aromatic heterocycles. The van der Waals surface area contributed by atoms with E-state index >= 15 is 0 Å². The van der Waals surface area contributed by atoms with Crippen LogP contribution in [0.4, 0.5) is 5.69 Å². The largest absolute Gasteiger partial charge is 0.468 e. The average Bonchev–Trinajstić information content (AvgIpc) is 2.29. The lowest BCUT2D eigenvalue weighted by Crippen LogP contribution is -2.17. The third-order valence-electron chi connectivity index (χ3n) is 2.13. The number of aryl methyl sites for hydroxylation is 1. The zero-order chi connectivity index (χ0) is 12.1. The molecule has 0 radical (unpaired) electrons. The molecule has 88 valence electrons. The summed E-state index contributed by atoms with van der Waals surface area (Å²) in [6, 6.07) is 5.87. The van der Waals surface area contributed by atoms with Gasteiger partial charge in [0.2, 0.25) is 0 Å². The molecule has 2 N–H and O–H groups in total. The van der Waals surface area contributed by atoms with Crippen molar-refractivity contribution in [1.29, 1.82) is 0 Å². The summed E-state index contributed by atoms with van der Waals surface area (Å²) in [5.41, 5.74) is 7.75. The van der Waals surface area contributed by atoms with Crippen LogP contribution in [0.5, 0.6) is 0 Å². The Morgan fingerprint density at radius 3 is 2.94 bits per heavy atom. The smallest absolute Gasteiger partial charge is 0.320 e. The van der Waals surface area contributed by atoms with E-state index < -0.39 is 0 Å². The standard InChI is InChI=1S/C11H14BrNO2S/c1-7-4-3-5-9(10(7)13)16-6-8(12)11(14)15-2/h3-5,8H,6,13H2,1-2H3. The van der Waals surface area contributed by atoms with Crippen molar-refractivity contribution >= 4 is 39.3 Å². The van der Waals surface area contributed by atoms with Gasteiger partial charge in [0, 0.05) is 16.3 Å². The zero-order valence-electron chi connectivity index (χ0n) is 9.20. The predicted molar refractivity (Wildman–Crippen MR) is 71.0 cm³/mol. The van der Waals surface area contributed by atoms with Crippen molar-refractivity contribution in [2.75, 3.05) is 18.6 Å². The fourth-order valence-electron chi connectivity index (χ4n) is 1.14. The van der Waals surface area contributed by atoms with Crippen LogP contribution in [0.15, 0.2) is 23.1 Å². The minimum atomic E-state index is -0.303. The van der Waals surface area contributed by atoms with Crippen LogP contribution in [0.1, 0.15) is 5.56 Å². The molecule has 0 saturated heterocycles. The number of hydrogen-bond acceptors (Lipinski definition) is 4. The SMILES string of the molecule is COC(=O)C(Br)CSc1cccc(C)c1N. The van der Waals surface area contributed by atoms with Crippen LogP contribution in [-0.2, 0) is 9.53 Å². The Labute approximate surface area is 108 Å². The highest BCUT2D eigenvalue weighted by atomic mass is 79.9. The normalized spacial score (nSPS) is 12.2. The number of methoxy groups -OCH3 is 1. The molecule has 5 heteroatoms. The third kappa shape index (κ3) is 3.42. The lowest BCUT2D eigenvalue weighted by molar-refractivity contribution is -0.139. The molecule has 1 aromatic rings. The zero-order valence-corrected chi connectivity index (χ0v) is 11.6. The van der Waals surface area contributed by atoms with E-state index in [-0.39, 0.29) is 10.8 Å². The van der Waals surface area contributed by atoms with Crippen LogP contribution in [0.3, 0.4) is 0 Å². The highest BCUT2D eigenvalue weighted by Gasteiger charge is 2.16. The number of nitrogen functional groups attached to an aromatic ring is 1. The highest BCUT2D eigenvalue weighted by Crippen LogP contribution is 2.29. The molecule has 0 heterocycles. The Morgan fingerprint density at radius 1 is 1.62 bits per heavy atom. The quantitative estimate of drug-likeness (QED) is 0.402. The number of thioether (sulfide) groups is 1. The second-order valence-corrected chi connectivity index (χ2v) is 5.46. The monoisotopic (exact) mass is 303 g/mol.